The van der Waals surface area contributed by atoms with Crippen molar-refractivity contribution in [1.82, 2.24) is 4.90 Å². The van der Waals surface area contributed by atoms with Gasteiger partial charge in [-0.05, 0) is 22.3 Å². The molecule has 2 heteroatoms. The lowest BCUT2D eigenvalue weighted by Gasteiger charge is -2.42. The second kappa shape index (κ2) is 8.46. The van der Waals surface area contributed by atoms with Gasteiger partial charge in [-0.25, -0.2) is 0 Å². The fraction of sp³-hybridized carbons (Fsp3) is 0.0741. The molecule has 0 aromatic heterocycles. The summed E-state index contributed by atoms with van der Waals surface area (Å²) in [7, 11) is 0. The van der Waals surface area contributed by atoms with Crippen molar-refractivity contribution in [2.45, 2.75) is 12.1 Å². The first-order valence-electron chi connectivity index (χ1n) is 9.73. The van der Waals surface area contributed by atoms with Crippen molar-refractivity contribution in [2.24, 2.45) is 0 Å². The van der Waals surface area contributed by atoms with Crippen LogP contribution in [-0.4, -0.2) is 4.90 Å². The normalized spacial score (nSPS) is 10.9. The molecule has 0 N–H and O–H groups in total. The summed E-state index contributed by atoms with van der Waals surface area (Å²) in [6.45, 7) is 0.510. The summed E-state index contributed by atoms with van der Waals surface area (Å²) < 4.78 is 0. The maximum absolute atomic E-state index is 10.4. The predicted octanol–water partition coefficient (Wildman–Crippen LogP) is 5.96. The molecular formula is C27H22N2. The number of nitriles is 1. The summed E-state index contributed by atoms with van der Waals surface area (Å²) in [5.41, 5.74) is 3.56. The van der Waals surface area contributed by atoms with Crippen molar-refractivity contribution in [3.63, 3.8) is 0 Å². The summed E-state index contributed by atoms with van der Waals surface area (Å²) in [4.78, 5) is 1.89. The van der Waals surface area contributed by atoms with Crippen molar-refractivity contribution >= 4 is 0 Å². The molecule has 4 rings (SSSR count). The van der Waals surface area contributed by atoms with Crippen molar-refractivity contribution in [3.8, 4) is 6.19 Å². The van der Waals surface area contributed by atoms with Crippen molar-refractivity contribution in [3.05, 3.63) is 144 Å². The van der Waals surface area contributed by atoms with Gasteiger partial charge in [-0.3, -0.25) is 4.90 Å². The molecule has 29 heavy (non-hydrogen) atoms. The molecule has 2 nitrogen and oxygen atoms in total. The van der Waals surface area contributed by atoms with Crippen LogP contribution in [0.4, 0.5) is 0 Å². The SMILES string of the molecule is N#CN(Cc1ccccc1)C(c1ccccc1)(c1ccccc1)c1ccccc1. The fourth-order valence-corrected chi connectivity index (χ4v) is 4.00. The van der Waals surface area contributed by atoms with Crippen LogP contribution in [0.15, 0.2) is 121 Å². The molecule has 0 saturated carbocycles. The highest BCUT2D eigenvalue weighted by atomic mass is 15.2. The van der Waals surface area contributed by atoms with Gasteiger partial charge in [0.25, 0.3) is 0 Å². The van der Waals surface area contributed by atoms with Crippen molar-refractivity contribution in [1.29, 1.82) is 5.26 Å². The lowest BCUT2D eigenvalue weighted by atomic mass is 9.75. The first kappa shape index (κ1) is 18.5. The second-order valence-corrected chi connectivity index (χ2v) is 6.98. The lowest BCUT2D eigenvalue weighted by Crippen LogP contribution is -2.45. The Labute approximate surface area is 172 Å². The Balaban J connectivity index is 2.01. The third kappa shape index (κ3) is 3.51. The number of hydrogen-bond acceptors (Lipinski definition) is 2. The first-order valence-corrected chi connectivity index (χ1v) is 9.73. The highest BCUT2D eigenvalue weighted by Gasteiger charge is 2.42. The minimum Gasteiger partial charge on any atom is -0.287 e. The van der Waals surface area contributed by atoms with Gasteiger partial charge in [0.1, 0.15) is 5.54 Å². The fourth-order valence-electron chi connectivity index (χ4n) is 4.00. The van der Waals surface area contributed by atoms with Crippen molar-refractivity contribution < 1.29 is 0 Å². The van der Waals surface area contributed by atoms with E-state index in [1.165, 1.54) is 0 Å². The molecule has 0 saturated heterocycles. The second-order valence-electron chi connectivity index (χ2n) is 6.98. The molecule has 0 fully saturated rings. The minimum absolute atomic E-state index is 0.510. The van der Waals surface area contributed by atoms with Gasteiger partial charge in [0.05, 0.1) is 6.54 Å². The van der Waals surface area contributed by atoms with E-state index in [4.69, 9.17) is 0 Å². The van der Waals surface area contributed by atoms with E-state index in [-0.39, 0.29) is 0 Å². The Morgan fingerprint density at radius 3 is 1.24 bits per heavy atom. The molecule has 0 amide bonds. The largest absolute Gasteiger partial charge is 0.287 e. The zero-order valence-corrected chi connectivity index (χ0v) is 16.1. The number of hydrogen-bond donors (Lipinski definition) is 0. The Bertz CT molecular complexity index is 972. The maximum Gasteiger partial charge on any atom is 0.181 e. The standard InChI is InChI=1S/C27H22N2/c28-22-29(21-23-13-5-1-6-14-23)27(24-15-7-2-8-16-24,25-17-9-3-10-18-25)26-19-11-4-12-20-26/h1-20H,21H2. The molecule has 0 aliphatic rings. The van der Waals surface area contributed by atoms with Crippen LogP contribution >= 0.6 is 0 Å². The van der Waals surface area contributed by atoms with Gasteiger partial charge in [0.15, 0.2) is 6.19 Å². The molecule has 0 heterocycles. The molecule has 0 unspecified atom stereocenters. The van der Waals surface area contributed by atoms with E-state index in [0.29, 0.717) is 6.54 Å². The van der Waals surface area contributed by atoms with E-state index in [1.807, 2.05) is 77.7 Å². The van der Waals surface area contributed by atoms with Crippen LogP contribution in [0.25, 0.3) is 0 Å². The summed E-state index contributed by atoms with van der Waals surface area (Å²) >= 11 is 0. The third-order valence-corrected chi connectivity index (χ3v) is 5.28. The molecule has 0 spiro atoms. The molecule has 4 aromatic rings. The van der Waals surface area contributed by atoms with Crippen LogP contribution in [0.1, 0.15) is 22.3 Å². The molecule has 0 radical (unpaired) electrons. The highest BCUT2D eigenvalue weighted by molar-refractivity contribution is 5.50. The molecule has 4 aromatic carbocycles. The molecule has 0 aliphatic carbocycles. The van der Waals surface area contributed by atoms with Gasteiger partial charge in [-0.2, -0.15) is 5.26 Å². The molecule has 140 valence electrons. The van der Waals surface area contributed by atoms with Crippen LogP contribution in [0.3, 0.4) is 0 Å². The molecular weight excluding hydrogens is 352 g/mol. The lowest BCUT2D eigenvalue weighted by molar-refractivity contribution is 0.236. The highest BCUT2D eigenvalue weighted by Crippen LogP contribution is 2.42. The smallest absolute Gasteiger partial charge is 0.181 e. The van der Waals surface area contributed by atoms with E-state index in [9.17, 15) is 5.26 Å². The van der Waals surface area contributed by atoms with Crippen LogP contribution in [0.5, 0.6) is 0 Å². The Morgan fingerprint density at radius 1 is 0.552 bits per heavy atom. The number of nitrogens with zero attached hydrogens (tertiary/aromatic N) is 2. The minimum atomic E-state index is -0.728. The Hall–Kier alpha value is -3.83. The van der Waals surface area contributed by atoms with Gasteiger partial charge < -0.3 is 0 Å². The monoisotopic (exact) mass is 374 g/mol. The van der Waals surface area contributed by atoms with E-state index < -0.39 is 5.54 Å². The molecule has 0 bridgehead atoms. The molecule has 0 atom stereocenters. The third-order valence-electron chi connectivity index (χ3n) is 5.28. The Kier molecular flexibility index (Phi) is 5.40. The van der Waals surface area contributed by atoms with Crippen molar-refractivity contribution in [2.75, 3.05) is 0 Å². The summed E-state index contributed by atoms with van der Waals surface area (Å²) in [6.07, 6.45) is 2.52. The summed E-state index contributed by atoms with van der Waals surface area (Å²) in [6, 6.07) is 41.0. The average molecular weight is 374 g/mol. The van der Waals surface area contributed by atoms with Crippen LogP contribution < -0.4 is 0 Å². The van der Waals surface area contributed by atoms with Crippen LogP contribution in [0.2, 0.25) is 0 Å². The summed E-state index contributed by atoms with van der Waals surface area (Å²) in [5, 5.41) is 10.4. The zero-order chi connectivity index (χ0) is 19.9. The summed E-state index contributed by atoms with van der Waals surface area (Å²) in [5.74, 6) is 0. The molecule has 0 aliphatic heterocycles. The van der Waals surface area contributed by atoms with E-state index >= 15 is 0 Å². The number of benzene rings is 4. The van der Waals surface area contributed by atoms with Gasteiger partial charge in [0.2, 0.25) is 0 Å². The van der Waals surface area contributed by atoms with Crippen LogP contribution in [-0.2, 0) is 12.1 Å². The first-order chi connectivity index (χ1) is 14.4. The quantitative estimate of drug-likeness (QED) is 0.236. The topological polar surface area (TPSA) is 27.0 Å². The predicted molar refractivity (Wildman–Crippen MR) is 117 cm³/mol. The van der Waals surface area contributed by atoms with Gasteiger partial charge in [-0.1, -0.05) is 121 Å². The number of rotatable bonds is 6. The van der Waals surface area contributed by atoms with Gasteiger partial charge >= 0.3 is 0 Å². The van der Waals surface area contributed by atoms with E-state index in [1.54, 1.807) is 0 Å². The van der Waals surface area contributed by atoms with E-state index in [2.05, 4.69) is 54.7 Å². The van der Waals surface area contributed by atoms with Gasteiger partial charge in [-0.15, -0.1) is 0 Å². The van der Waals surface area contributed by atoms with E-state index in [0.717, 1.165) is 22.3 Å². The zero-order valence-electron chi connectivity index (χ0n) is 16.1. The maximum atomic E-state index is 10.4. The Morgan fingerprint density at radius 2 is 0.897 bits per heavy atom. The van der Waals surface area contributed by atoms with Gasteiger partial charge in [0, 0.05) is 0 Å². The average Bonchev–Trinajstić information content (AvgIpc) is 2.82. The van der Waals surface area contributed by atoms with Crippen LogP contribution in [0, 0.1) is 11.5 Å².